The maximum atomic E-state index is 12.7. The number of nitrogens with one attached hydrogen (secondary N) is 1. The van der Waals surface area contributed by atoms with Crippen LogP contribution in [-0.2, 0) is 14.3 Å². The Balaban J connectivity index is 1.57. The molecular weight excluding hydrogens is 394 g/mol. The van der Waals surface area contributed by atoms with Gasteiger partial charge in [0.2, 0.25) is 0 Å². The third-order valence-electron chi connectivity index (χ3n) is 4.35. The summed E-state index contributed by atoms with van der Waals surface area (Å²) in [5.74, 6) is -0.697. The number of para-hydroxylation sites is 1. The van der Waals surface area contributed by atoms with Crippen LogP contribution in [0, 0.1) is 0 Å². The minimum Gasteiger partial charge on any atom is -0.497 e. The quantitative estimate of drug-likeness (QED) is 0.340. The van der Waals surface area contributed by atoms with Crippen molar-refractivity contribution in [3.8, 4) is 5.75 Å². The average Bonchev–Trinajstić information content (AvgIpc) is 2.82. The summed E-state index contributed by atoms with van der Waals surface area (Å²) in [5, 5.41) is 2.63. The number of rotatable bonds is 8. The van der Waals surface area contributed by atoms with Gasteiger partial charge in [0.15, 0.2) is 12.4 Å². The fourth-order valence-corrected chi connectivity index (χ4v) is 2.79. The summed E-state index contributed by atoms with van der Waals surface area (Å²) in [5.41, 5.74) is 2.01. The lowest BCUT2D eigenvalue weighted by Crippen LogP contribution is -2.21. The molecule has 3 aromatic carbocycles. The number of esters is 1. The van der Waals surface area contributed by atoms with E-state index < -0.39 is 18.5 Å². The number of hydrogen-bond donors (Lipinski definition) is 1. The first kappa shape index (κ1) is 21.5. The molecule has 0 saturated carbocycles. The molecule has 0 radical (unpaired) electrons. The maximum absolute atomic E-state index is 12.7. The number of carbonyl (C=O) groups is 3. The molecule has 0 aromatic heterocycles. The van der Waals surface area contributed by atoms with Gasteiger partial charge in [-0.05, 0) is 35.9 Å². The van der Waals surface area contributed by atoms with Crippen LogP contribution in [0.2, 0.25) is 0 Å². The molecule has 0 saturated heterocycles. The van der Waals surface area contributed by atoms with E-state index in [1.54, 1.807) is 86.0 Å². The molecule has 0 heterocycles. The molecule has 0 fully saturated rings. The molecule has 0 unspecified atom stereocenters. The minimum atomic E-state index is -0.653. The minimum absolute atomic E-state index is 0.212. The van der Waals surface area contributed by atoms with Crippen molar-refractivity contribution in [1.29, 1.82) is 0 Å². The second-order valence-corrected chi connectivity index (χ2v) is 6.50. The molecule has 0 aliphatic heterocycles. The highest BCUT2D eigenvalue weighted by Crippen LogP contribution is 2.19. The molecular formula is C25H21NO5. The molecule has 0 bridgehead atoms. The zero-order valence-electron chi connectivity index (χ0n) is 16.9. The smallest absolute Gasteiger partial charge is 0.331 e. The molecule has 0 aliphatic rings. The van der Waals surface area contributed by atoms with Gasteiger partial charge in [0.05, 0.1) is 12.8 Å². The van der Waals surface area contributed by atoms with E-state index in [0.29, 0.717) is 22.6 Å². The van der Waals surface area contributed by atoms with Gasteiger partial charge < -0.3 is 14.8 Å². The largest absolute Gasteiger partial charge is 0.497 e. The Hall–Kier alpha value is -4.19. The van der Waals surface area contributed by atoms with Gasteiger partial charge in [-0.3, -0.25) is 9.59 Å². The van der Waals surface area contributed by atoms with Crippen LogP contribution >= 0.6 is 0 Å². The van der Waals surface area contributed by atoms with Gasteiger partial charge in [-0.2, -0.15) is 0 Å². The van der Waals surface area contributed by atoms with Gasteiger partial charge in [0.1, 0.15) is 5.75 Å². The number of benzene rings is 3. The molecule has 1 N–H and O–H groups in total. The normalized spacial score (nSPS) is 10.5. The third kappa shape index (κ3) is 6.14. The fourth-order valence-electron chi connectivity index (χ4n) is 2.79. The zero-order valence-corrected chi connectivity index (χ0v) is 16.9. The predicted molar refractivity (Wildman–Crippen MR) is 118 cm³/mol. The summed E-state index contributed by atoms with van der Waals surface area (Å²) in [4.78, 5) is 36.8. The second-order valence-electron chi connectivity index (χ2n) is 6.50. The Kier molecular flexibility index (Phi) is 7.32. The summed E-state index contributed by atoms with van der Waals surface area (Å²) in [7, 11) is 1.57. The van der Waals surface area contributed by atoms with E-state index in [-0.39, 0.29) is 5.78 Å². The van der Waals surface area contributed by atoms with Crippen LogP contribution in [0.15, 0.2) is 84.9 Å². The monoisotopic (exact) mass is 415 g/mol. The van der Waals surface area contributed by atoms with Crippen LogP contribution in [0.4, 0.5) is 5.69 Å². The standard InChI is InChI=1S/C25H21NO5/c1-30-20-14-11-18(12-15-20)13-16-24(28)31-17-23(27)26-22-10-6-5-9-21(22)25(29)19-7-3-2-4-8-19/h2-16H,17H2,1H3,(H,26,27)/b16-13+. The summed E-state index contributed by atoms with van der Waals surface area (Å²) in [6.45, 7) is -0.473. The van der Waals surface area contributed by atoms with Crippen molar-refractivity contribution >= 4 is 29.4 Å². The third-order valence-corrected chi connectivity index (χ3v) is 4.35. The van der Waals surface area contributed by atoms with Crippen molar-refractivity contribution < 1.29 is 23.9 Å². The summed E-state index contributed by atoms with van der Waals surface area (Å²) >= 11 is 0. The number of amides is 1. The van der Waals surface area contributed by atoms with E-state index in [2.05, 4.69) is 5.32 Å². The van der Waals surface area contributed by atoms with E-state index in [1.165, 1.54) is 6.08 Å². The Morgan fingerprint density at radius 1 is 0.871 bits per heavy atom. The molecule has 0 spiro atoms. The van der Waals surface area contributed by atoms with E-state index in [4.69, 9.17) is 9.47 Å². The number of hydrogen-bond acceptors (Lipinski definition) is 5. The van der Waals surface area contributed by atoms with Crippen molar-refractivity contribution in [3.63, 3.8) is 0 Å². The Morgan fingerprint density at radius 3 is 2.26 bits per heavy atom. The van der Waals surface area contributed by atoms with E-state index in [9.17, 15) is 14.4 Å². The highest BCUT2D eigenvalue weighted by atomic mass is 16.5. The number of ether oxygens (including phenoxy) is 2. The molecule has 3 rings (SSSR count). The van der Waals surface area contributed by atoms with Crippen molar-refractivity contribution in [2.75, 3.05) is 19.0 Å². The van der Waals surface area contributed by atoms with Crippen LogP contribution in [0.5, 0.6) is 5.75 Å². The van der Waals surface area contributed by atoms with Crippen molar-refractivity contribution in [2.24, 2.45) is 0 Å². The van der Waals surface area contributed by atoms with Crippen molar-refractivity contribution in [3.05, 3.63) is 102 Å². The van der Waals surface area contributed by atoms with Crippen LogP contribution in [0.25, 0.3) is 6.08 Å². The molecule has 0 aliphatic carbocycles. The zero-order chi connectivity index (χ0) is 22.1. The van der Waals surface area contributed by atoms with Crippen molar-refractivity contribution in [2.45, 2.75) is 0 Å². The lowest BCUT2D eigenvalue weighted by atomic mass is 10.0. The summed E-state index contributed by atoms with van der Waals surface area (Å²) < 4.78 is 10.1. The topological polar surface area (TPSA) is 81.7 Å². The number of anilines is 1. The molecule has 0 atom stereocenters. The van der Waals surface area contributed by atoms with Crippen LogP contribution in [0.1, 0.15) is 21.5 Å². The van der Waals surface area contributed by atoms with Gasteiger partial charge in [-0.25, -0.2) is 4.79 Å². The fraction of sp³-hybridized carbons (Fsp3) is 0.0800. The predicted octanol–water partition coefficient (Wildman–Crippen LogP) is 4.12. The van der Waals surface area contributed by atoms with E-state index in [1.807, 2.05) is 6.07 Å². The Bertz CT molecular complexity index is 1090. The van der Waals surface area contributed by atoms with Gasteiger partial charge in [-0.15, -0.1) is 0 Å². The maximum Gasteiger partial charge on any atom is 0.331 e. The number of methoxy groups -OCH3 is 1. The highest BCUT2D eigenvalue weighted by molar-refractivity contribution is 6.13. The average molecular weight is 415 g/mol. The molecule has 6 nitrogen and oxygen atoms in total. The Morgan fingerprint density at radius 2 is 1.55 bits per heavy atom. The Labute approximate surface area is 180 Å². The molecule has 156 valence electrons. The molecule has 6 heteroatoms. The van der Waals surface area contributed by atoms with E-state index >= 15 is 0 Å². The van der Waals surface area contributed by atoms with Crippen LogP contribution in [-0.4, -0.2) is 31.4 Å². The molecule has 3 aromatic rings. The van der Waals surface area contributed by atoms with E-state index in [0.717, 1.165) is 5.56 Å². The molecule has 1 amide bonds. The summed E-state index contributed by atoms with van der Waals surface area (Å²) in [6.07, 6.45) is 2.81. The van der Waals surface area contributed by atoms with Gasteiger partial charge in [-0.1, -0.05) is 54.6 Å². The number of ketones is 1. The number of carbonyl (C=O) groups excluding carboxylic acids is 3. The van der Waals surface area contributed by atoms with Gasteiger partial charge >= 0.3 is 5.97 Å². The van der Waals surface area contributed by atoms with Gasteiger partial charge in [0, 0.05) is 17.2 Å². The lowest BCUT2D eigenvalue weighted by Gasteiger charge is -2.10. The first-order valence-electron chi connectivity index (χ1n) is 9.54. The molecule has 31 heavy (non-hydrogen) atoms. The first-order valence-corrected chi connectivity index (χ1v) is 9.54. The SMILES string of the molecule is COc1ccc(/C=C/C(=O)OCC(=O)Nc2ccccc2C(=O)c2ccccc2)cc1. The first-order chi connectivity index (χ1) is 15.1. The van der Waals surface area contributed by atoms with Gasteiger partial charge in [0.25, 0.3) is 5.91 Å². The van der Waals surface area contributed by atoms with Crippen LogP contribution in [0.3, 0.4) is 0 Å². The second kappa shape index (κ2) is 10.5. The summed E-state index contributed by atoms with van der Waals surface area (Å²) in [6, 6.07) is 22.6. The highest BCUT2D eigenvalue weighted by Gasteiger charge is 2.15. The van der Waals surface area contributed by atoms with Crippen molar-refractivity contribution in [1.82, 2.24) is 0 Å². The lowest BCUT2D eigenvalue weighted by molar-refractivity contribution is -0.142. The van der Waals surface area contributed by atoms with Crippen LogP contribution < -0.4 is 10.1 Å².